The molecular weight excluding hydrogens is 693 g/mol. The van der Waals surface area contributed by atoms with Gasteiger partial charge in [0.15, 0.2) is 23.1 Å². The summed E-state index contributed by atoms with van der Waals surface area (Å²) in [6.45, 7) is 22.1. The Balaban J connectivity index is -0.000000623. The molecule has 0 aromatic heterocycles. The molecule has 302 valence electrons. The fourth-order valence-corrected chi connectivity index (χ4v) is 4.14. The Hall–Kier alpha value is -5.50. The van der Waals surface area contributed by atoms with Crippen molar-refractivity contribution in [1.29, 1.82) is 0 Å². The molecule has 4 aromatic rings. The lowest BCUT2D eigenvalue weighted by atomic mass is 10.0. The van der Waals surface area contributed by atoms with Gasteiger partial charge in [-0.15, -0.1) is 0 Å². The van der Waals surface area contributed by atoms with Crippen LogP contribution in [0.25, 0.3) is 10.8 Å². The maximum Gasteiger partial charge on any atom is 0.159 e. The zero-order valence-corrected chi connectivity index (χ0v) is 36.0. The number of benzene rings is 4. The summed E-state index contributed by atoms with van der Waals surface area (Å²) >= 11 is 0. The molecule has 0 saturated heterocycles. The highest BCUT2D eigenvalue weighted by molar-refractivity contribution is 5.99. The lowest BCUT2D eigenvalue weighted by Gasteiger charge is -2.11. The van der Waals surface area contributed by atoms with E-state index in [0.717, 1.165) is 46.4 Å². The normalized spacial score (nSPS) is 10.2. The van der Waals surface area contributed by atoms with Gasteiger partial charge in [-0.25, -0.2) is 0 Å². The molecule has 1 aliphatic rings. The smallest absolute Gasteiger partial charge is 0.159 e. The third-order valence-corrected chi connectivity index (χ3v) is 7.02. The molecule has 0 radical (unpaired) electrons. The monoisotopic (exact) mass is 758 g/mol. The van der Waals surface area contributed by atoms with Crippen LogP contribution in [-0.4, -0.2) is 49.6 Å². The van der Waals surface area contributed by atoms with Gasteiger partial charge in [0.1, 0.15) is 11.5 Å². The molecule has 0 saturated carbocycles. The second-order valence-electron chi connectivity index (χ2n) is 10.5. The highest BCUT2D eigenvalue weighted by Crippen LogP contribution is 2.22. The minimum absolute atomic E-state index is 0.0139. The number of phenols is 1. The predicted octanol–water partition coefficient (Wildman–Crippen LogP) is 12.7. The van der Waals surface area contributed by atoms with Gasteiger partial charge in [0.05, 0.1) is 32.8 Å². The van der Waals surface area contributed by atoms with E-state index in [-0.39, 0.29) is 28.9 Å². The summed E-state index contributed by atoms with van der Waals surface area (Å²) in [6.07, 6.45) is 5.80. The van der Waals surface area contributed by atoms with Crippen LogP contribution in [0.3, 0.4) is 0 Å². The largest absolute Gasteiger partial charge is 0.508 e. The Bertz CT molecular complexity index is 1680. The first kappa shape index (κ1) is 53.8. The number of allylic oxidation sites excluding steroid dienone is 4. The minimum Gasteiger partial charge on any atom is -0.508 e. The molecule has 1 aliphatic carbocycles. The number of methoxy groups -OCH3 is 3. The summed E-state index contributed by atoms with van der Waals surface area (Å²) in [6, 6.07) is 24.3. The third-order valence-electron chi connectivity index (χ3n) is 7.02. The third kappa shape index (κ3) is 22.3. The number of hydrogen-bond acceptors (Lipinski definition) is 8. The highest BCUT2D eigenvalue weighted by atomic mass is 16.5. The quantitative estimate of drug-likeness (QED) is 0.185. The lowest BCUT2D eigenvalue weighted by Crippen LogP contribution is -1.96. The Morgan fingerprint density at radius 2 is 0.745 bits per heavy atom. The second-order valence-corrected chi connectivity index (χ2v) is 10.5. The summed E-state index contributed by atoms with van der Waals surface area (Å²) in [4.78, 5) is 43.5. The molecule has 0 heterocycles. The fraction of sp³-hybridized carbons (Fsp3) is 0.362. The van der Waals surface area contributed by atoms with Gasteiger partial charge < -0.3 is 19.3 Å². The summed E-state index contributed by atoms with van der Waals surface area (Å²) in [5.74, 6) is 3.22. The number of phenolic OH excluding ortho intramolecular Hbond substituents is 1. The van der Waals surface area contributed by atoms with Crippen LogP contribution in [0.1, 0.15) is 137 Å². The maximum absolute atomic E-state index is 11.2. The molecular formula is C47H66O8. The van der Waals surface area contributed by atoms with Crippen molar-refractivity contribution in [2.24, 2.45) is 0 Å². The SMILES string of the molecule is CC.CC.CC.CC.CC(=O)c1ccc(C(C)=O)cc1.CC(=O)c1ccc(O)cc1.COC1=CC=C(OC)CC1.COc1ccc2cc(C(C)=O)ccc2c1. The average molecular weight is 759 g/mol. The lowest BCUT2D eigenvalue weighted by molar-refractivity contribution is 0.100. The van der Waals surface area contributed by atoms with Gasteiger partial charge in [-0.05, 0) is 93.1 Å². The van der Waals surface area contributed by atoms with Crippen LogP contribution in [0.4, 0.5) is 0 Å². The topological polar surface area (TPSA) is 116 Å². The Labute approximate surface area is 331 Å². The van der Waals surface area contributed by atoms with E-state index in [0.29, 0.717) is 16.7 Å². The molecule has 5 rings (SSSR count). The minimum atomic E-state index is 0.0139. The van der Waals surface area contributed by atoms with E-state index in [1.54, 1.807) is 64.7 Å². The predicted molar refractivity (Wildman–Crippen MR) is 230 cm³/mol. The summed E-state index contributed by atoms with van der Waals surface area (Å²) in [5.41, 5.74) is 2.64. The van der Waals surface area contributed by atoms with Crippen LogP contribution < -0.4 is 4.74 Å². The summed E-state index contributed by atoms with van der Waals surface area (Å²) in [5, 5.41) is 11.0. The zero-order chi connectivity index (χ0) is 42.9. The first-order chi connectivity index (χ1) is 26.4. The molecule has 0 aliphatic heterocycles. The van der Waals surface area contributed by atoms with E-state index >= 15 is 0 Å². The maximum atomic E-state index is 11.2. The number of ketones is 4. The van der Waals surface area contributed by atoms with Gasteiger partial charge in [-0.3, -0.25) is 19.2 Å². The van der Waals surface area contributed by atoms with Crippen molar-refractivity contribution in [2.75, 3.05) is 21.3 Å². The molecule has 0 unspecified atom stereocenters. The van der Waals surface area contributed by atoms with E-state index < -0.39 is 0 Å². The Kier molecular flexibility index (Phi) is 32.4. The van der Waals surface area contributed by atoms with Crippen molar-refractivity contribution in [2.45, 2.75) is 95.9 Å². The van der Waals surface area contributed by atoms with E-state index in [1.807, 2.05) is 104 Å². The Morgan fingerprint density at radius 1 is 0.436 bits per heavy atom. The number of hydrogen-bond donors (Lipinski definition) is 1. The summed E-state index contributed by atoms with van der Waals surface area (Å²) in [7, 11) is 5.03. The number of aromatic hydroxyl groups is 1. The Morgan fingerprint density at radius 3 is 1.05 bits per heavy atom. The molecule has 0 spiro atoms. The molecule has 0 bridgehead atoms. The number of Topliss-reactive ketones (excluding diaryl/α,β-unsaturated/α-hetero) is 4. The molecule has 8 heteroatoms. The van der Waals surface area contributed by atoms with E-state index in [9.17, 15) is 19.2 Å². The van der Waals surface area contributed by atoms with Crippen LogP contribution in [0.5, 0.6) is 11.5 Å². The average Bonchev–Trinajstić information content (AvgIpc) is 3.24. The van der Waals surface area contributed by atoms with Gasteiger partial charge in [-0.1, -0.05) is 97.9 Å². The first-order valence-electron chi connectivity index (χ1n) is 18.9. The van der Waals surface area contributed by atoms with Crippen LogP contribution in [0.15, 0.2) is 109 Å². The standard InChI is InChI=1S/C13H12O2.C10H10O2.C8H12O2.C8H8O2.4C2H6/c1-9(14)10-3-4-12-8-13(15-2)6-5-11(12)7-10;1-7(11)9-3-5-10(6-4-9)8(2)12;1-9-7-3-5-8(10-2)6-4-7;1-6(9)7-2-4-8(10)5-3-7;4*1-2/h3-8H,1-2H3;3-6H,1-2H3;3,5H,4,6H2,1-2H3;2-5,10H,1H3;4*1-2H3. The zero-order valence-electron chi connectivity index (χ0n) is 36.0. The van der Waals surface area contributed by atoms with Crippen molar-refractivity contribution in [3.8, 4) is 11.5 Å². The molecule has 1 N–H and O–H groups in total. The summed E-state index contributed by atoms with van der Waals surface area (Å²) < 4.78 is 15.2. The molecule has 55 heavy (non-hydrogen) atoms. The number of carbonyl (C=O) groups excluding carboxylic acids is 4. The number of carbonyl (C=O) groups is 4. The van der Waals surface area contributed by atoms with E-state index in [2.05, 4.69) is 0 Å². The fourth-order valence-electron chi connectivity index (χ4n) is 4.14. The van der Waals surface area contributed by atoms with Crippen molar-refractivity contribution < 1.29 is 38.5 Å². The van der Waals surface area contributed by atoms with Crippen molar-refractivity contribution in [3.63, 3.8) is 0 Å². The van der Waals surface area contributed by atoms with E-state index in [1.165, 1.54) is 32.9 Å². The van der Waals surface area contributed by atoms with Crippen LogP contribution in [0.2, 0.25) is 0 Å². The van der Waals surface area contributed by atoms with Crippen molar-refractivity contribution in [1.82, 2.24) is 0 Å². The van der Waals surface area contributed by atoms with Crippen molar-refractivity contribution >= 4 is 33.9 Å². The van der Waals surface area contributed by atoms with Crippen molar-refractivity contribution in [3.05, 3.63) is 131 Å². The van der Waals surface area contributed by atoms with Gasteiger partial charge in [-0.2, -0.15) is 0 Å². The molecule has 8 nitrogen and oxygen atoms in total. The van der Waals surface area contributed by atoms with Gasteiger partial charge in [0.25, 0.3) is 0 Å². The number of rotatable bonds is 7. The van der Waals surface area contributed by atoms with Gasteiger partial charge in [0.2, 0.25) is 0 Å². The van der Waals surface area contributed by atoms with Gasteiger partial charge >= 0.3 is 0 Å². The van der Waals surface area contributed by atoms with Crippen LogP contribution in [-0.2, 0) is 9.47 Å². The van der Waals surface area contributed by atoms with Gasteiger partial charge in [0, 0.05) is 35.1 Å². The van der Waals surface area contributed by atoms with Crippen LogP contribution >= 0.6 is 0 Å². The molecule has 4 aromatic carbocycles. The first-order valence-corrected chi connectivity index (χ1v) is 18.9. The molecule has 0 amide bonds. The molecule has 0 fully saturated rings. The second kappa shape index (κ2) is 33.1. The van der Waals surface area contributed by atoms with Crippen LogP contribution in [0, 0.1) is 0 Å². The number of ether oxygens (including phenoxy) is 3. The number of fused-ring (bicyclic) bond motifs is 1. The molecule has 0 atom stereocenters. The van der Waals surface area contributed by atoms with E-state index in [4.69, 9.17) is 19.3 Å². The highest BCUT2D eigenvalue weighted by Gasteiger charge is 2.05.